The molecule has 2 aliphatic rings. The average molecular weight is 329 g/mol. The van der Waals surface area contributed by atoms with E-state index in [1.165, 1.54) is 32.4 Å². The van der Waals surface area contributed by atoms with Gasteiger partial charge in [0.2, 0.25) is 0 Å². The van der Waals surface area contributed by atoms with Crippen molar-refractivity contribution in [3.63, 3.8) is 0 Å². The topological polar surface area (TPSA) is 24.9 Å². The van der Waals surface area contributed by atoms with Gasteiger partial charge in [-0.15, -0.1) is 0 Å². The van der Waals surface area contributed by atoms with Crippen molar-refractivity contribution in [2.75, 3.05) is 39.4 Å². The van der Waals surface area contributed by atoms with Gasteiger partial charge in [-0.05, 0) is 53.9 Å². The minimum Gasteiger partial charge on any atom is -0.377 e. The van der Waals surface area contributed by atoms with Crippen molar-refractivity contribution in [3.8, 4) is 0 Å². The van der Waals surface area contributed by atoms with E-state index >= 15 is 0 Å². The molecule has 0 amide bonds. The third-order valence-corrected chi connectivity index (χ3v) is 5.03. The molecule has 4 nitrogen and oxygen atoms in total. The van der Waals surface area contributed by atoms with E-state index in [4.69, 9.17) is 9.47 Å². The van der Waals surface area contributed by atoms with E-state index < -0.39 is 0 Å². The Morgan fingerprint density at radius 3 is 2.26 bits per heavy atom. The van der Waals surface area contributed by atoms with Gasteiger partial charge < -0.3 is 9.47 Å². The molecule has 2 saturated heterocycles. The molecule has 2 fully saturated rings. The highest BCUT2D eigenvalue weighted by atomic mass is 16.5. The summed E-state index contributed by atoms with van der Waals surface area (Å²) in [4.78, 5) is 5.02. The predicted molar refractivity (Wildman–Crippen MR) is 98.1 cm³/mol. The van der Waals surface area contributed by atoms with Gasteiger partial charge in [0.1, 0.15) is 0 Å². The van der Waals surface area contributed by atoms with E-state index in [1.807, 2.05) is 0 Å². The third-order valence-electron chi connectivity index (χ3n) is 5.03. The molecule has 2 heterocycles. The maximum atomic E-state index is 5.59. The first-order valence-corrected chi connectivity index (χ1v) is 9.65. The first-order valence-electron chi connectivity index (χ1n) is 9.65. The summed E-state index contributed by atoms with van der Waals surface area (Å²) in [5.41, 5.74) is 0. The van der Waals surface area contributed by atoms with Crippen molar-refractivity contribution in [1.29, 1.82) is 0 Å². The van der Waals surface area contributed by atoms with E-state index in [0.717, 1.165) is 32.3 Å². The summed E-state index contributed by atoms with van der Waals surface area (Å²) in [6.07, 6.45) is 4.49. The molecule has 2 aliphatic heterocycles. The second-order valence-electron chi connectivity index (χ2n) is 7.39. The SMILES string of the molecule is CC1CN(C(C)C)CCCO1.CCC(C)N1CCOC(C)CC1. The van der Waals surface area contributed by atoms with Crippen LogP contribution in [0, 0.1) is 0 Å². The van der Waals surface area contributed by atoms with E-state index in [0.29, 0.717) is 18.2 Å². The first kappa shape index (κ1) is 20.9. The number of hydrogen-bond donors (Lipinski definition) is 0. The average Bonchev–Trinajstić information content (AvgIpc) is 2.87. The Morgan fingerprint density at radius 2 is 1.61 bits per heavy atom. The van der Waals surface area contributed by atoms with Crippen LogP contribution in [0.3, 0.4) is 0 Å². The van der Waals surface area contributed by atoms with Gasteiger partial charge in [0.05, 0.1) is 18.8 Å². The molecule has 3 atom stereocenters. The van der Waals surface area contributed by atoms with Gasteiger partial charge in [-0.25, -0.2) is 0 Å². The van der Waals surface area contributed by atoms with Gasteiger partial charge in [0, 0.05) is 44.9 Å². The van der Waals surface area contributed by atoms with Crippen molar-refractivity contribution in [2.24, 2.45) is 0 Å². The zero-order chi connectivity index (χ0) is 17.2. The largest absolute Gasteiger partial charge is 0.377 e. The number of rotatable bonds is 3. The summed E-state index contributed by atoms with van der Waals surface area (Å²) in [7, 11) is 0. The fourth-order valence-electron chi connectivity index (χ4n) is 3.11. The highest BCUT2D eigenvalue weighted by molar-refractivity contribution is 4.70. The molecule has 0 radical (unpaired) electrons. The quantitative estimate of drug-likeness (QED) is 0.793. The highest BCUT2D eigenvalue weighted by Gasteiger charge is 2.17. The van der Waals surface area contributed by atoms with Crippen LogP contribution in [0.25, 0.3) is 0 Å². The van der Waals surface area contributed by atoms with Gasteiger partial charge in [0.15, 0.2) is 0 Å². The van der Waals surface area contributed by atoms with Crippen molar-refractivity contribution in [3.05, 3.63) is 0 Å². The van der Waals surface area contributed by atoms with E-state index in [-0.39, 0.29) is 0 Å². The minimum atomic E-state index is 0.417. The van der Waals surface area contributed by atoms with Crippen LogP contribution in [0.2, 0.25) is 0 Å². The Labute approximate surface area is 144 Å². The fourth-order valence-corrected chi connectivity index (χ4v) is 3.11. The first-order chi connectivity index (χ1) is 10.9. The molecule has 0 spiro atoms. The molecule has 0 aliphatic carbocycles. The zero-order valence-corrected chi connectivity index (χ0v) is 16.4. The molecule has 2 rings (SSSR count). The number of ether oxygens (including phenoxy) is 2. The van der Waals surface area contributed by atoms with Crippen LogP contribution in [0.1, 0.15) is 60.8 Å². The standard InChI is InChI=1S/C10H21NO.C9H19NO/c1-4-9(2)11-6-5-10(3)12-8-7-11;1-8(2)10-5-4-6-11-9(3)7-10/h9-10H,4-8H2,1-3H3;8-9H,4-7H2,1-3H3. The maximum Gasteiger partial charge on any atom is 0.0673 e. The molecule has 0 aromatic rings. The van der Waals surface area contributed by atoms with Crippen LogP contribution < -0.4 is 0 Å². The second-order valence-corrected chi connectivity index (χ2v) is 7.39. The highest BCUT2D eigenvalue weighted by Crippen LogP contribution is 2.11. The van der Waals surface area contributed by atoms with E-state index in [9.17, 15) is 0 Å². The Balaban J connectivity index is 0.000000231. The molecule has 138 valence electrons. The third kappa shape index (κ3) is 8.48. The Hall–Kier alpha value is -0.160. The summed E-state index contributed by atoms with van der Waals surface area (Å²) in [6, 6.07) is 1.39. The maximum absolute atomic E-state index is 5.59. The summed E-state index contributed by atoms with van der Waals surface area (Å²) in [5, 5.41) is 0. The fraction of sp³-hybridized carbons (Fsp3) is 1.00. The summed E-state index contributed by atoms with van der Waals surface area (Å²) >= 11 is 0. The van der Waals surface area contributed by atoms with Gasteiger partial charge >= 0.3 is 0 Å². The predicted octanol–water partition coefficient (Wildman–Crippen LogP) is 3.40. The molecule has 0 aromatic heterocycles. The van der Waals surface area contributed by atoms with Crippen LogP contribution >= 0.6 is 0 Å². The van der Waals surface area contributed by atoms with Crippen molar-refractivity contribution < 1.29 is 9.47 Å². The Morgan fingerprint density at radius 1 is 0.913 bits per heavy atom. The van der Waals surface area contributed by atoms with Gasteiger partial charge in [-0.3, -0.25) is 9.80 Å². The second kappa shape index (κ2) is 11.4. The van der Waals surface area contributed by atoms with Crippen molar-refractivity contribution in [1.82, 2.24) is 9.80 Å². The van der Waals surface area contributed by atoms with Crippen LogP contribution in [-0.2, 0) is 9.47 Å². The van der Waals surface area contributed by atoms with Crippen LogP contribution in [0.15, 0.2) is 0 Å². The zero-order valence-electron chi connectivity index (χ0n) is 16.4. The summed E-state index contributed by atoms with van der Waals surface area (Å²) < 4.78 is 11.1. The molecule has 0 N–H and O–H groups in total. The van der Waals surface area contributed by atoms with Crippen LogP contribution in [0.5, 0.6) is 0 Å². The molecule has 4 heteroatoms. The van der Waals surface area contributed by atoms with Crippen molar-refractivity contribution in [2.45, 2.75) is 85.1 Å². The number of hydrogen-bond acceptors (Lipinski definition) is 4. The van der Waals surface area contributed by atoms with Gasteiger partial charge in [-0.2, -0.15) is 0 Å². The molecule has 23 heavy (non-hydrogen) atoms. The lowest BCUT2D eigenvalue weighted by atomic mass is 10.2. The Kier molecular flexibility index (Phi) is 10.4. The molecule has 0 bridgehead atoms. The molecule has 0 aromatic carbocycles. The summed E-state index contributed by atoms with van der Waals surface area (Å²) in [5.74, 6) is 0. The lowest BCUT2D eigenvalue weighted by Crippen LogP contribution is -2.35. The minimum absolute atomic E-state index is 0.417. The smallest absolute Gasteiger partial charge is 0.0673 e. The Bertz CT molecular complexity index is 299. The van der Waals surface area contributed by atoms with Gasteiger partial charge in [-0.1, -0.05) is 6.92 Å². The van der Waals surface area contributed by atoms with E-state index in [2.05, 4.69) is 51.3 Å². The molecule has 3 unspecified atom stereocenters. The van der Waals surface area contributed by atoms with Gasteiger partial charge in [0.25, 0.3) is 0 Å². The lowest BCUT2D eigenvalue weighted by molar-refractivity contribution is 0.0633. The monoisotopic (exact) mass is 328 g/mol. The van der Waals surface area contributed by atoms with Crippen LogP contribution in [0.4, 0.5) is 0 Å². The van der Waals surface area contributed by atoms with Crippen molar-refractivity contribution >= 4 is 0 Å². The summed E-state index contributed by atoms with van der Waals surface area (Å²) in [6.45, 7) is 19.8. The molecular weight excluding hydrogens is 288 g/mol. The lowest BCUT2D eigenvalue weighted by Gasteiger charge is -2.25. The molecular formula is C19H40N2O2. The van der Waals surface area contributed by atoms with E-state index in [1.54, 1.807) is 0 Å². The normalized spacial score (nSPS) is 29.3. The molecule has 0 saturated carbocycles. The van der Waals surface area contributed by atoms with Crippen LogP contribution in [-0.4, -0.2) is 73.5 Å². The number of nitrogens with zero attached hydrogens (tertiary/aromatic N) is 2.